The van der Waals surface area contributed by atoms with E-state index < -0.39 is 0 Å². The van der Waals surface area contributed by atoms with Crippen LogP contribution in [0.3, 0.4) is 0 Å². The first-order chi connectivity index (χ1) is 5.11. The lowest BCUT2D eigenvalue weighted by atomic mass is 10.4. The van der Waals surface area contributed by atoms with Gasteiger partial charge in [-0.05, 0) is 38.3 Å². The Bertz CT molecular complexity index is 245. The van der Waals surface area contributed by atoms with Gasteiger partial charge >= 0.3 is 0 Å². The Morgan fingerprint density at radius 2 is 2.18 bits per heavy atom. The SMILES string of the molecule is Cc1csc(SN(C)C)c1O. The lowest BCUT2D eigenvalue weighted by molar-refractivity contribution is 0.462. The number of thiophene rings is 1. The van der Waals surface area contributed by atoms with Crippen molar-refractivity contribution in [3.8, 4) is 5.75 Å². The van der Waals surface area contributed by atoms with Gasteiger partial charge in [0, 0.05) is 5.56 Å². The molecule has 0 aliphatic rings. The van der Waals surface area contributed by atoms with Crippen LogP contribution in [0.4, 0.5) is 0 Å². The van der Waals surface area contributed by atoms with Gasteiger partial charge in [0.25, 0.3) is 0 Å². The van der Waals surface area contributed by atoms with Gasteiger partial charge in [0.1, 0.15) is 9.96 Å². The van der Waals surface area contributed by atoms with Crippen LogP contribution in [0.5, 0.6) is 5.75 Å². The van der Waals surface area contributed by atoms with Crippen molar-refractivity contribution in [2.45, 2.75) is 11.1 Å². The Hall–Kier alpha value is -0.190. The van der Waals surface area contributed by atoms with Crippen molar-refractivity contribution in [3.63, 3.8) is 0 Å². The highest BCUT2D eigenvalue weighted by Gasteiger charge is 2.07. The minimum Gasteiger partial charge on any atom is -0.506 e. The summed E-state index contributed by atoms with van der Waals surface area (Å²) in [4.78, 5) is 0. The Morgan fingerprint density at radius 1 is 1.55 bits per heavy atom. The van der Waals surface area contributed by atoms with E-state index in [2.05, 4.69) is 0 Å². The third-order valence-electron chi connectivity index (χ3n) is 1.18. The Labute approximate surface area is 75.0 Å². The predicted molar refractivity (Wildman–Crippen MR) is 50.3 cm³/mol. The van der Waals surface area contributed by atoms with E-state index in [1.807, 2.05) is 30.7 Å². The fourth-order valence-electron chi connectivity index (χ4n) is 0.645. The first-order valence-corrected chi connectivity index (χ1v) is 4.89. The molecule has 0 spiro atoms. The van der Waals surface area contributed by atoms with Crippen molar-refractivity contribution >= 4 is 23.3 Å². The van der Waals surface area contributed by atoms with E-state index in [0.29, 0.717) is 5.75 Å². The van der Waals surface area contributed by atoms with Gasteiger partial charge in [-0.25, -0.2) is 0 Å². The van der Waals surface area contributed by atoms with Crippen molar-refractivity contribution in [1.82, 2.24) is 4.31 Å². The highest BCUT2D eigenvalue weighted by molar-refractivity contribution is 7.99. The van der Waals surface area contributed by atoms with Gasteiger partial charge in [-0.15, -0.1) is 11.3 Å². The lowest BCUT2D eigenvalue weighted by Crippen LogP contribution is -1.97. The Balaban J connectivity index is 2.79. The second kappa shape index (κ2) is 3.47. The van der Waals surface area contributed by atoms with Crippen LogP contribution >= 0.6 is 23.3 Å². The molecule has 1 rings (SSSR count). The Kier molecular flexibility index (Phi) is 2.81. The summed E-state index contributed by atoms with van der Waals surface area (Å²) >= 11 is 3.12. The molecule has 1 aromatic rings. The maximum atomic E-state index is 9.45. The van der Waals surface area contributed by atoms with Crippen molar-refractivity contribution in [1.29, 1.82) is 0 Å². The van der Waals surface area contributed by atoms with Crippen molar-refractivity contribution in [2.75, 3.05) is 14.1 Å². The molecule has 0 aliphatic heterocycles. The number of nitrogens with zero attached hydrogens (tertiary/aromatic N) is 1. The fourth-order valence-corrected chi connectivity index (χ4v) is 2.66. The standard InChI is InChI=1S/C7H11NOS2/c1-5-4-10-7(6(5)9)11-8(2)3/h4,9H,1-3H3. The topological polar surface area (TPSA) is 23.5 Å². The zero-order valence-corrected chi connectivity index (χ0v) is 8.42. The summed E-state index contributed by atoms with van der Waals surface area (Å²) < 4.78 is 2.93. The molecular weight excluding hydrogens is 178 g/mol. The van der Waals surface area contributed by atoms with Gasteiger partial charge in [0.15, 0.2) is 0 Å². The second-order valence-corrected chi connectivity index (χ2v) is 4.92. The molecular formula is C7H11NOS2. The summed E-state index contributed by atoms with van der Waals surface area (Å²) in [6.07, 6.45) is 0. The number of hydrogen-bond acceptors (Lipinski definition) is 4. The second-order valence-electron chi connectivity index (χ2n) is 2.46. The molecule has 0 aliphatic carbocycles. The molecule has 0 aromatic carbocycles. The van der Waals surface area contributed by atoms with Gasteiger partial charge in [-0.2, -0.15) is 0 Å². The van der Waals surface area contributed by atoms with Crippen LogP contribution in [0.2, 0.25) is 0 Å². The van der Waals surface area contributed by atoms with E-state index in [1.54, 1.807) is 23.3 Å². The molecule has 0 saturated heterocycles. The smallest absolute Gasteiger partial charge is 0.144 e. The quantitative estimate of drug-likeness (QED) is 0.722. The van der Waals surface area contributed by atoms with E-state index >= 15 is 0 Å². The zero-order valence-electron chi connectivity index (χ0n) is 6.79. The van der Waals surface area contributed by atoms with Gasteiger partial charge in [-0.1, -0.05) is 0 Å². The molecule has 4 heteroatoms. The molecule has 0 fully saturated rings. The maximum Gasteiger partial charge on any atom is 0.144 e. The van der Waals surface area contributed by atoms with Crippen molar-refractivity contribution in [3.05, 3.63) is 10.9 Å². The third-order valence-corrected chi connectivity index (χ3v) is 3.29. The van der Waals surface area contributed by atoms with Crippen LogP contribution in [0.15, 0.2) is 9.59 Å². The highest BCUT2D eigenvalue weighted by Crippen LogP contribution is 2.37. The molecule has 0 amide bonds. The average molecular weight is 189 g/mol. The summed E-state index contributed by atoms with van der Waals surface area (Å²) in [5.74, 6) is 0.425. The van der Waals surface area contributed by atoms with E-state index in [0.717, 1.165) is 9.77 Å². The van der Waals surface area contributed by atoms with Crippen LogP contribution in [0.25, 0.3) is 0 Å². The van der Waals surface area contributed by atoms with Crippen molar-refractivity contribution < 1.29 is 5.11 Å². The number of aromatic hydroxyl groups is 1. The summed E-state index contributed by atoms with van der Waals surface area (Å²) in [7, 11) is 3.92. The monoisotopic (exact) mass is 189 g/mol. The molecule has 62 valence electrons. The van der Waals surface area contributed by atoms with Gasteiger partial charge in [0.2, 0.25) is 0 Å². The number of rotatable bonds is 2. The lowest BCUT2D eigenvalue weighted by Gasteiger charge is -2.05. The molecule has 0 unspecified atom stereocenters. The molecule has 0 radical (unpaired) electrons. The largest absolute Gasteiger partial charge is 0.506 e. The number of aryl methyl sites for hydroxylation is 1. The van der Waals surface area contributed by atoms with E-state index in [4.69, 9.17) is 0 Å². The molecule has 0 bridgehead atoms. The van der Waals surface area contributed by atoms with E-state index in [9.17, 15) is 5.11 Å². The predicted octanol–water partition coefficient (Wildman–Crippen LogP) is 2.33. The third kappa shape index (κ3) is 2.12. The minimum absolute atomic E-state index is 0.425. The van der Waals surface area contributed by atoms with Crippen LogP contribution in [-0.4, -0.2) is 23.5 Å². The zero-order chi connectivity index (χ0) is 8.43. The summed E-state index contributed by atoms with van der Waals surface area (Å²) in [5.41, 5.74) is 0.958. The van der Waals surface area contributed by atoms with Crippen LogP contribution in [0, 0.1) is 6.92 Å². The molecule has 0 saturated carbocycles. The van der Waals surface area contributed by atoms with Gasteiger partial charge < -0.3 is 5.11 Å². The average Bonchev–Trinajstić information content (AvgIpc) is 2.18. The maximum absolute atomic E-state index is 9.45. The molecule has 11 heavy (non-hydrogen) atoms. The molecule has 0 atom stereocenters. The van der Waals surface area contributed by atoms with E-state index in [1.165, 1.54) is 0 Å². The van der Waals surface area contributed by atoms with Gasteiger partial charge in [0.05, 0.1) is 0 Å². The summed E-state index contributed by atoms with van der Waals surface area (Å²) in [6, 6.07) is 0. The summed E-state index contributed by atoms with van der Waals surface area (Å²) in [6.45, 7) is 1.91. The molecule has 1 aromatic heterocycles. The minimum atomic E-state index is 0.425. The first-order valence-electron chi connectivity index (χ1n) is 3.23. The molecule has 1 N–H and O–H groups in total. The van der Waals surface area contributed by atoms with E-state index in [-0.39, 0.29) is 0 Å². The highest BCUT2D eigenvalue weighted by atomic mass is 32.2. The first kappa shape index (κ1) is 8.90. The molecule has 1 heterocycles. The van der Waals surface area contributed by atoms with Crippen LogP contribution < -0.4 is 0 Å². The molecule has 2 nitrogen and oxygen atoms in total. The normalized spacial score (nSPS) is 10.9. The van der Waals surface area contributed by atoms with Crippen LogP contribution in [-0.2, 0) is 0 Å². The van der Waals surface area contributed by atoms with Crippen LogP contribution in [0.1, 0.15) is 5.56 Å². The Morgan fingerprint density at radius 3 is 2.55 bits per heavy atom. The van der Waals surface area contributed by atoms with Gasteiger partial charge in [-0.3, -0.25) is 4.31 Å². The fraction of sp³-hybridized carbons (Fsp3) is 0.429. The summed E-state index contributed by atoms with van der Waals surface area (Å²) in [5, 5.41) is 11.4. The number of hydrogen-bond donors (Lipinski definition) is 1. The van der Waals surface area contributed by atoms with Crippen molar-refractivity contribution in [2.24, 2.45) is 0 Å².